The van der Waals surface area contributed by atoms with E-state index in [-0.39, 0.29) is 10.8 Å². The van der Waals surface area contributed by atoms with E-state index < -0.39 is 0 Å². The first-order valence-corrected chi connectivity index (χ1v) is 8.85. The highest BCUT2D eigenvalue weighted by Crippen LogP contribution is 2.25. The Bertz CT molecular complexity index is 578. The van der Waals surface area contributed by atoms with Crippen molar-refractivity contribution in [3.63, 3.8) is 0 Å². The molecule has 0 fully saturated rings. The van der Waals surface area contributed by atoms with E-state index in [0.717, 1.165) is 12.8 Å². The number of benzene rings is 2. The molecule has 2 aromatic rings. The van der Waals surface area contributed by atoms with Gasteiger partial charge in [0.25, 0.3) is 0 Å². The molecule has 23 heavy (non-hydrogen) atoms. The fourth-order valence-electron chi connectivity index (χ4n) is 2.88. The van der Waals surface area contributed by atoms with Crippen molar-refractivity contribution in [2.75, 3.05) is 0 Å². The normalized spacial score (nSPS) is 12.4. The molecule has 0 unspecified atom stereocenters. The second-order valence-corrected chi connectivity index (χ2v) is 8.75. The predicted octanol–water partition coefficient (Wildman–Crippen LogP) is 6.46. The van der Waals surface area contributed by atoms with Gasteiger partial charge in [-0.15, -0.1) is 0 Å². The monoisotopic (exact) mass is 308 g/mol. The minimum absolute atomic E-state index is 0.233. The third-order valence-electron chi connectivity index (χ3n) is 4.52. The third-order valence-corrected chi connectivity index (χ3v) is 4.52. The van der Waals surface area contributed by atoms with Gasteiger partial charge in [-0.1, -0.05) is 90.1 Å². The van der Waals surface area contributed by atoms with Crippen molar-refractivity contribution in [2.45, 2.75) is 71.6 Å². The molecule has 0 heterocycles. The van der Waals surface area contributed by atoms with Crippen molar-refractivity contribution in [3.05, 3.63) is 70.8 Å². The van der Waals surface area contributed by atoms with Crippen LogP contribution in [0.1, 0.15) is 70.2 Å². The Balaban J connectivity index is 1.98. The molecule has 0 saturated heterocycles. The fraction of sp³-hybridized carbons (Fsp3) is 0.478. The van der Waals surface area contributed by atoms with E-state index in [1.54, 1.807) is 0 Å². The van der Waals surface area contributed by atoms with Crippen LogP contribution in [-0.4, -0.2) is 0 Å². The van der Waals surface area contributed by atoms with Crippen LogP contribution in [0.5, 0.6) is 0 Å². The van der Waals surface area contributed by atoms with Crippen LogP contribution in [0.4, 0.5) is 0 Å². The SMILES string of the molecule is CC(C)(C)c1cccc(CCCc2cccc(C(C)(C)C)c2)c1. The molecule has 2 aromatic carbocycles. The van der Waals surface area contributed by atoms with E-state index in [1.165, 1.54) is 28.7 Å². The lowest BCUT2D eigenvalue weighted by Crippen LogP contribution is -2.11. The van der Waals surface area contributed by atoms with Crippen molar-refractivity contribution < 1.29 is 0 Å². The Hall–Kier alpha value is -1.56. The van der Waals surface area contributed by atoms with Gasteiger partial charge in [0.05, 0.1) is 0 Å². The van der Waals surface area contributed by atoms with Gasteiger partial charge in [0.2, 0.25) is 0 Å². The topological polar surface area (TPSA) is 0 Å². The summed E-state index contributed by atoms with van der Waals surface area (Å²) in [6.07, 6.45) is 3.52. The van der Waals surface area contributed by atoms with Crippen molar-refractivity contribution in [3.8, 4) is 0 Å². The van der Waals surface area contributed by atoms with Crippen LogP contribution in [-0.2, 0) is 23.7 Å². The zero-order valence-electron chi connectivity index (χ0n) is 15.7. The number of hydrogen-bond acceptors (Lipinski definition) is 0. The average Bonchev–Trinajstić information content (AvgIpc) is 2.46. The van der Waals surface area contributed by atoms with Crippen LogP contribution in [0.15, 0.2) is 48.5 Å². The van der Waals surface area contributed by atoms with Gasteiger partial charge in [0.1, 0.15) is 0 Å². The quantitative estimate of drug-likeness (QED) is 0.608. The predicted molar refractivity (Wildman–Crippen MR) is 102 cm³/mol. The lowest BCUT2D eigenvalue weighted by Gasteiger charge is -2.20. The van der Waals surface area contributed by atoms with Crippen LogP contribution in [0.3, 0.4) is 0 Å². The lowest BCUT2D eigenvalue weighted by molar-refractivity contribution is 0.588. The fourth-order valence-corrected chi connectivity index (χ4v) is 2.88. The summed E-state index contributed by atoms with van der Waals surface area (Å²) in [5.74, 6) is 0. The molecule has 0 heteroatoms. The maximum atomic E-state index is 2.38. The maximum absolute atomic E-state index is 2.38. The lowest BCUT2D eigenvalue weighted by atomic mass is 9.85. The standard InChI is InChI=1S/C23H32/c1-22(2,3)20-14-8-12-18(16-20)10-7-11-19-13-9-15-21(17-19)23(4,5)6/h8-9,12-17H,7,10-11H2,1-6H3. The van der Waals surface area contributed by atoms with E-state index >= 15 is 0 Å². The number of hydrogen-bond donors (Lipinski definition) is 0. The Morgan fingerprint density at radius 1 is 0.609 bits per heavy atom. The summed E-state index contributed by atoms with van der Waals surface area (Å²) < 4.78 is 0. The van der Waals surface area contributed by atoms with E-state index in [2.05, 4.69) is 90.1 Å². The summed E-state index contributed by atoms with van der Waals surface area (Å²) in [6.45, 7) is 13.7. The molecule has 0 bridgehead atoms. The van der Waals surface area contributed by atoms with Crippen molar-refractivity contribution in [1.29, 1.82) is 0 Å². The molecule has 0 aliphatic rings. The first kappa shape index (κ1) is 17.8. The second kappa shape index (κ2) is 6.91. The first-order valence-electron chi connectivity index (χ1n) is 8.85. The van der Waals surface area contributed by atoms with Crippen molar-refractivity contribution in [1.82, 2.24) is 0 Å². The molecular formula is C23H32. The summed E-state index contributed by atoms with van der Waals surface area (Å²) in [6, 6.07) is 18.2. The van der Waals surface area contributed by atoms with E-state index in [9.17, 15) is 0 Å². The Labute approximate surface area is 143 Å². The van der Waals surface area contributed by atoms with Gasteiger partial charge < -0.3 is 0 Å². The highest BCUT2D eigenvalue weighted by atomic mass is 14.2. The molecule has 0 saturated carbocycles. The van der Waals surface area contributed by atoms with Gasteiger partial charge in [-0.3, -0.25) is 0 Å². The number of aryl methyl sites for hydroxylation is 2. The minimum Gasteiger partial charge on any atom is -0.0617 e. The van der Waals surface area contributed by atoms with Gasteiger partial charge in [-0.2, -0.15) is 0 Å². The smallest absolute Gasteiger partial charge is 0.0132 e. The molecule has 0 aliphatic heterocycles. The first-order chi connectivity index (χ1) is 10.7. The Morgan fingerprint density at radius 2 is 1.00 bits per heavy atom. The highest BCUT2D eigenvalue weighted by molar-refractivity contribution is 5.30. The summed E-state index contributed by atoms with van der Waals surface area (Å²) in [5.41, 5.74) is 6.26. The van der Waals surface area contributed by atoms with Crippen LogP contribution in [0, 0.1) is 0 Å². The summed E-state index contributed by atoms with van der Waals surface area (Å²) in [5, 5.41) is 0. The average molecular weight is 309 g/mol. The van der Waals surface area contributed by atoms with Gasteiger partial charge in [0, 0.05) is 0 Å². The number of rotatable bonds is 4. The molecule has 0 amide bonds. The third kappa shape index (κ3) is 5.23. The molecule has 0 aliphatic carbocycles. The van der Waals surface area contributed by atoms with Crippen LogP contribution >= 0.6 is 0 Å². The zero-order chi connectivity index (χ0) is 17.1. The van der Waals surface area contributed by atoms with Crippen LogP contribution in [0.25, 0.3) is 0 Å². The minimum atomic E-state index is 0.233. The second-order valence-electron chi connectivity index (χ2n) is 8.75. The van der Waals surface area contributed by atoms with Crippen molar-refractivity contribution in [2.24, 2.45) is 0 Å². The molecule has 124 valence electrons. The highest BCUT2D eigenvalue weighted by Gasteiger charge is 2.14. The van der Waals surface area contributed by atoms with E-state index in [1.807, 2.05) is 0 Å². The van der Waals surface area contributed by atoms with Gasteiger partial charge in [-0.05, 0) is 52.3 Å². The molecule has 2 rings (SSSR count). The molecule has 0 spiro atoms. The van der Waals surface area contributed by atoms with Gasteiger partial charge in [-0.25, -0.2) is 0 Å². The Morgan fingerprint density at radius 3 is 1.35 bits per heavy atom. The van der Waals surface area contributed by atoms with Gasteiger partial charge >= 0.3 is 0 Å². The Kier molecular flexibility index (Phi) is 5.34. The maximum Gasteiger partial charge on any atom is -0.0132 e. The van der Waals surface area contributed by atoms with E-state index in [0.29, 0.717) is 0 Å². The van der Waals surface area contributed by atoms with Gasteiger partial charge in [0.15, 0.2) is 0 Å². The van der Waals surface area contributed by atoms with E-state index in [4.69, 9.17) is 0 Å². The van der Waals surface area contributed by atoms with Crippen LogP contribution < -0.4 is 0 Å². The molecule has 0 atom stereocenters. The summed E-state index contributed by atoms with van der Waals surface area (Å²) in [7, 11) is 0. The molecule has 0 N–H and O–H groups in total. The summed E-state index contributed by atoms with van der Waals surface area (Å²) in [4.78, 5) is 0. The largest absolute Gasteiger partial charge is 0.0617 e. The molecule has 0 radical (unpaired) electrons. The van der Waals surface area contributed by atoms with Crippen LogP contribution in [0.2, 0.25) is 0 Å². The summed E-state index contributed by atoms with van der Waals surface area (Å²) >= 11 is 0. The van der Waals surface area contributed by atoms with Crippen molar-refractivity contribution >= 4 is 0 Å². The zero-order valence-corrected chi connectivity index (χ0v) is 15.7. The molecule has 0 aromatic heterocycles. The molecular weight excluding hydrogens is 276 g/mol. The molecule has 0 nitrogen and oxygen atoms in total.